The van der Waals surface area contributed by atoms with Crippen molar-refractivity contribution in [3.63, 3.8) is 0 Å². The van der Waals surface area contributed by atoms with Gasteiger partial charge in [0.15, 0.2) is 5.82 Å². The summed E-state index contributed by atoms with van der Waals surface area (Å²) >= 11 is 0. The van der Waals surface area contributed by atoms with E-state index >= 15 is 0 Å². The Bertz CT molecular complexity index is 433. The van der Waals surface area contributed by atoms with Crippen molar-refractivity contribution < 1.29 is 13.2 Å². The maximum absolute atomic E-state index is 13.0. The Kier molecular flexibility index (Phi) is 2.92. The van der Waals surface area contributed by atoms with Gasteiger partial charge in [-0.05, 0) is 0 Å². The fourth-order valence-electron chi connectivity index (χ4n) is 0.927. The first kappa shape index (κ1) is 10.3. The van der Waals surface area contributed by atoms with Crippen LogP contribution in [0.4, 0.5) is 13.2 Å². The molecule has 0 aliphatic carbocycles. The number of alkyl halides is 2. The Morgan fingerprint density at radius 3 is 2.71 bits per heavy atom. The number of rotatable bonds is 2. The minimum absolute atomic E-state index is 0.276. The summed E-state index contributed by atoms with van der Waals surface area (Å²) in [6, 6.07) is 1.60. The summed E-state index contributed by atoms with van der Waals surface area (Å²) in [5.74, 6) is -1.32. The maximum atomic E-state index is 13.0. The molecule has 0 fully saturated rings. The van der Waals surface area contributed by atoms with Gasteiger partial charge in [0.1, 0.15) is 0 Å². The number of hydrogen-bond acceptors (Lipinski definition) is 2. The Hall–Kier alpha value is -1.77. The lowest BCUT2D eigenvalue weighted by atomic mass is 10.2. The minimum atomic E-state index is -3.02. The van der Waals surface area contributed by atoms with Gasteiger partial charge in [-0.15, -0.1) is 0 Å². The molecule has 0 aliphatic heterocycles. The zero-order chi connectivity index (χ0) is 10.7. The van der Waals surface area contributed by atoms with Crippen molar-refractivity contribution in [1.29, 1.82) is 5.26 Å². The van der Waals surface area contributed by atoms with Gasteiger partial charge in [-0.1, -0.05) is 0 Å². The highest BCUT2D eigenvalue weighted by Crippen LogP contribution is 2.14. The molecule has 0 unspecified atom stereocenters. The molecule has 0 saturated heterocycles. The van der Waals surface area contributed by atoms with E-state index in [0.29, 0.717) is 0 Å². The van der Waals surface area contributed by atoms with Crippen LogP contribution in [0.25, 0.3) is 0 Å². The number of H-pyrrole nitrogens is 1. The highest BCUT2D eigenvalue weighted by atomic mass is 19.3. The summed E-state index contributed by atoms with van der Waals surface area (Å²) in [5, 5.41) is 8.23. The largest absolute Gasteiger partial charge is 0.361 e. The normalized spacial score (nSPS) is 10.2. The molecule has 0 radical (unpaired) electrons. The molecule has 1 aromatic rings. The lowest BCUT2D eigenvalue weighted by Crippen LogP contribution is -2.17. The molecule has 1 heterocycles. The molecule has 0 spiro atoms. The van der Waals surface area contributed by atoms with E-state index in [4.69, 9.17) is 5.26 Å². The molecule has 6 heteroatoms. The molecule has 14 heavy (non-hydrogen) atoms. The van der Waals surface area contributed by atoms with E-state index in [2.05, 4.69) is 4.98 Å². The van der Waals surface area contributed by atoms with Crippen LogP contribution < -0.4 is 5.43 Å². The van der Waals surface area contributed by atoms with Gasteiger partial charge in [0.2, 0.25) is 5.43 Å². The highest BCUT2D eigenvalue weighted by molar-refractivity contribution is 5.19. The number of nitrogens with zero attached hydrogens (tertiary/aromatic N) is 1. The standard InChI is InChI=1S/C8H5F3N2O/c9-6-5(1-2-12)13-3-4(7(6)14)8(10)11/h3,8H,1H2,(H,13,14). The van der Waals surface area contributed by atoms with Crippen molar-refractivity contribution in [2.45, 2.75) is 12.8 Å². The van der Waals surface area contributed by atoms with Gasteiger partial charge in [-0.3, -0.25) is 4.79 Å². The molecular formula is C8H5F3N2O. The van der Waals surface area contributed by atoms with Crippen molar-refractivity contribution in [2.24, 2.45) is 0 Å². The second-order valence-corrected chi connectivity index (χ2v) is 2.50. The van der Waals surface area contributed by atoms with Crippen molar-refractivity contribution >= 4 is 0 Å². The van der Waals surface area contributed by atoms with Crippen LogP contribution in [0.2, 0.25) is 0 Å². The van der Waals surface area contributed by atoms with E-state index in [1.165, 1.54) is 0 Å². The summed E-state index contributed by atoms with van der Waals surface area (Å²) in [6.45, 7) is 0. The SMILES string of the molecule is N#CCc1[nH]cc(C(F)F)c(=O)c1F. The summed E-state index contributed by atoms with van der Waals surface area (Å²) in [5.41, 5.74) is -2.56. The predicted octanol–water partition coefficient (Wildman–Crippen LogP) is 1.52. The first-order valence-electron chi connectivity index (χ1n) is 3.63. The molecule has 3 nitrogen and oxygen atoms in total. The number of nitriles is 1. The molecule has 0 amide bonds. The van der Waals surface area contributed by atoms with E-state index < -0.39 is 23.2 Å². The summed E-state index contributed by atoms with van der Waals surface area (Å²) in [6.07, 6.45) is -2.66. The fourth-order valence-corrected chi connectivity index (χ4v) is 0.927. The zero-order valence-corrected chi connectivity index (χ0v) is 6.85. The summed E-state index contributed by atoms with van der Waals surface area (Å²) in [4.78, 5) is 13.1. The van der Waals surface area contributed by atoms with Gasteiger partial charge in [0, 0.05) is 6.20 Å². The topological polar surface area (TPSA) is 56.6 Å². The van der Waals surface area contributed by atoms with Crippen LogP contribution in [0, 0.1) is 17.1 Å². The minimum Gasteiger partial charge on any atom is -0.361 e. The van der Waals surface area contributed by atoms with Gasteiger partial charge in [-0.25, -0.2) is 13.2 Å². The molecular weight excluding hydrogens is 197 g/mol. The Morgan fingerprint density at radius 2 is 2.21 bits per heavy atom. The van der Waals surface area contributed by atoms with Crippen LogP contribution >= 0.6 is 0 Å². The van der Waals surface area contributed by atoms with Crippen LogP contribution in [0.5, 0.6) is 0 Å². The second-order valence-electron chi connectivity index (χ2n) is 2.50. The van der Waals surface area contributed by atoms with E-state index in [0.717, 1.165) is 6.20 Å². The average Bonchev–Trinajstić information content (AvgIpc) is 2.13. The molecule has 1 rings (SSSR count). The lowest BCUT2D eigenvalue weighted by Gasteiger charge is -2.01. The quantitative estimate of drug-likeness (QED) is 0.790. The number of halogens is 3. The first-order valence-corrected chi connectivity index (χ1v) is 3.63. The van der Waals surface area contributed by atoms with Crippen LogP contribution in [-0.2, 0) is 6.42 Å². The van der Waals surface area contributed by atoms with E-state index in [9.17, 15) is 18.0 Å². The van der Waals surface area contributed by atoms with Crippen LogP contribution in [0.1, 0.15) is 17.7 Å². The number of hydrogen-bond donors (Lipinski definition) is 1. The molecule has 1 N–H and O–H groups in total. The van der Waals surface area contributed by atoms with E-state index in [1.807, 2.05) is 0 Å². The van der Waals surface area contributed by atoms with Crippen molar-refractivity contribution in [3.8, 4) is 6.07 Å². The molecule has 0 saturated carbocycles. The van der Waals surface area contributed by atoms with Crippen LogP contribution in [0.3, 0.4) is 0 Å². The molecule has 1 aromatic heterocycles. The lowest BCUT2D eigenvalue weighted by molar-refractivity contribution is 0.149. The third-order valence-corrected chi connectivity index (χ3v) is 1.62. The molecule has 0 bridgehead atoms. The molecule has 0 atom stereocenters. The fraction of sp³-hybridized carbons (Fsp3) is 0.250. The van der Waals surface area contributed by atoms with Gasteiger partial charge in [-0.2, -0.15) is 5.26 Å². The van der Waals surface area contributed by atoms with Crippen molar-refractivity contribution in [1.82, 2.24) is 4.98 Å². The van der Waals surface area contributed by atoms with Gasteiger partial charge in [0.05, 0.1) is 23.7 Å². The summed E-state index contributed by atoms with van der Waals surface area (Å²) < 4.78 is 37.1. The van der Waals surface area contributed by atoms with Gasteiger partial charge in [0.25, 0.3) is 6.43 Å². The first-order chi connectivity index (χ1) is 6.57. The van der Waals surface area contributed by atoms with Crippen LogP contribution in [0.15, 0.2) is 11.0 Å². The predicted molar refractivity (Wildman–Crippen MR) is 41.3 cm³/mol. The van der Waals surface area contributed by atoms with Crippen LogP contribution in [-0.4, -0.2) is 4.98 Å². The molecule has 0 aliphatic rings. The number of aromatic amines is 1. The zero-order valence-electron chi connectivity index (χ0n) is 6.85. The molecule has 0 aromatic carbocycles. The smallest absolute Gasteiger partial charge is 0.269 e. The van der Waals surface area contributed by atoms with Crippen molar-refractivity contribution in [2.75, 3.05) is 0 Å². The highest BCUT2D eigenvalue weighted by Gasteiger charge is 2.17. The molecule has 74 valence electrons. The number of nitrogens with one attached hydrogen (secondary N) is 1. The summed E-state index contributed by atoms with van der Waals surface area (Å²) in [7, 11) is 0. The number of aromatic nitrogens is 1. The Morgan fingerprint density at radius 1 is 1.57 bits per heavy atom. The van der Waals surface area contributed by atoms with Gasteiger partial charge >= 0.3 is 0 Å². The van der Waals surface area contributed by atoms with Crippen molar-refractivity contribution in [3.05, 3.63) is 33.5 Å². The third kappa shape index (κ3) is 1.76. The Labute approximate surface area is 76.8 Å². The number of pyridine rings is 1. The van der Waals surface area contributed by atoms with E-state index in [1.54, 1.807) is 6.07 Å². The van der Waals surface area contributed by atoms with Gasteiger partial charge < -0.3 is 4.98 Å². The van der Waals surface area contributed by atoms with E-state index in [-0.39, 0.29) is 12.1 Å². The third-order valence-electron chi connectivity index (χ3n) is 1.62. The second kappa shape index (κ2) is 3.96. The maximum Gasteiger partial charge on any atom is 0.269 e. The Balaban J connectivity index is 3.28. The average molecular weight is 202 g/mol. The monoisotopic (exact) mass is 202 g/mol.